The predicted octanol–water partition coefficient (Wildman–Crippen LogP) is 2.08. The third-order valence-corrected chi connectivity index (χ3v) is 4.02. The Morgan fingerprint density at radius 3 is 1.50 bits per heavy atom. The van der Waals surface area contributed by atoms with Gasteiger partial charge in [-0.25, -0.2) is 19.2 Å². The fourth-order valence-electron chi connectivity index (χ4n) is 3.13. The van der Waals surface area contributed by atoms with Gasteiger partial charge in [0.25, 0.3) is 0 Å². The highest BCUT2D eigenvalue weighted by atomic mass is 16.6. The fourth-order valence-corrected chi connectivity index (χ4v) is 3.13. The van der Waals surface area contributed by atoms with Gasteiger partial charge in [-0.05, 0) is 37.1 Å². The first-order chi connectivity index (χ1) is 10.4. The highest BCUT2D eigenvalue weighted by Gasteiger charge is 2.37. The average Bonchev–Trinajstić information content (AvgIpc) is 2.42. The SMILES string of the molecule is Cc1cc2c3c(cc(C)c4c3c1C(=O)OC4=O)C(=O)OC2=O. The summed E-state index contributed by atoms with van der Waals surface area (Å²) in [4.78, 5) is 48.1. The molecule has 0 aliphatic carbocycles. The monoisotopic (exact) mass is 296 g/mol. The Kier molecular flexibility index (Phi) is 2.19. The number of hydrogen-bond acceptors (Lipinski definition) is 6. The van der Waals surface area contributed by atoms with Crippen LogP contribution in [0, 0.1) is 13.8 Å². The van der Waals surface area contributed by atoms with Crippen molar-refractivity contribution >= 4 is 34.6 Å². The van der Waals surface area contributed by atoms with Crippen molar-refractivity contribution in [2.45, 2.75) is 13.8 Å². The summed E-state index contributed by atoms with van der Waals surface area (Å²) in [5, 5.41) is 0.587. The van der Waals surface area contributed by atoms with Gasteiger partial charge in [0, 0.05) is 10.8 Å². The van der Waals surface area contributed by atoms with Crippen molar-refractivity contribution in [3.05, 3.63) is 45.5 Å². The van der Waals surface area contributed by atoms with Crippen molar-refractivity contribution in [1.82, 2.24) is 0 Å². The third-order valence-electron chi connectivity index (χ3n) is 4.02. The molecule has 0 unspecified atom stereocenters. The van der Waals surface area contributed by atoms with Crippen LogP contribution in [0.15, 0.2) is 12.1 Å². The maximum absolute atomic E-state index is 12.1. The van der Waals surface area contributed by atoms with Gasteiger partial charge in [-0.3, -0.25) is 0 Å². The topological polar surface area (TPSA) is 86.7 Å². The maximum atomic E-state index is 12.1. The summed E-state index contributed by atoms with van der Waals surface area (Å²) in [6, 6.07) is 2.96. The molecule has 4 rings (SSSR count). The van der Waals surface area contributed by atoms with E-state index >= 15 is 0 Å². The van der Waals surface area contributed by atoms with Crippen LogP contribution in [0.25, 0.3) is 10.8 Å². The number of hydrogen-bond donors (Lipinski definition) is 0. The van der Waals surface area contributed by atoms with Crippen LogP contribution in [0.1, 0.15) is 52.6 Å². The molecule has 2 heterocycles. The van der Waals surface area contributed by atoms with E-state index in [0.29, 0.717) is 16.5 Å². The normalized spacial score (nSPS) is 15.9. The van der Waals surface area contributed by atoms with Gasteiger partial charge >= 0.3 is 23.9 Å². The minimum atomic E-state index is -0.784. The molecule has 0 atom stereocenters. The van der Waals surface area contributed by atoms with Gasteiger partial charge in [0.2, 0.25) is 0 Å². The lowest BCUT2D eigenvalue weighted by atomic mass is 9.85. The Hall–Kier alpha value is -3.02. The standard InChI is InChI=1S/C16H8O6/c1-5-3-7-11-8(14(18)21-13(7)17)4-6(2)10-12(11)9(5)15(19)22-16(10)20/h3-4H,1-2H3. The molecule has 0 saturated heterocycles. The molecule has 0 spiro atoms. The van der Waals surface area contributed by atoms with Crippen LogP contribution in [0.2, 0.25) is 0 Å². The summed E-state index contributed by atoms with van der Waals surface area (Å²) in [5.74, 6) is -3.12. The van der Waals surface area contributed by atoms with Crippen molar-refractivity contribution in [3.8, 4) is 0 Å². The Bertz CT molecular complexity index is 894. The molecule has 0 saturated carbocycles. The summed E-state index contributed by atoms with van der Waals surface area (Å²) < 4.78 is 9.49. The number of aryl methyl sites for hydroxylation is 2. The van der Waals surface area contributed by atoms with E-state index in [1.165, 1.54) is 12.1 Å². The molecule has 22 heavy (non-hydrogen) atoms. The summed E-state index contributed by atoms with van der Waals surface area (Å²) >= 11 is 0. The van der Waals surface area contributed by atoms with Gasteiger partial charge in [0.05, 0.1) is 22.3 Å². The summed E-state index contributed by atoms with van der Waals surface area (Å²) in [6.07, 6.45) is 0. The van der Waals surface area contributed by atoms with Crippen LogP contribution < -0.4 is 0 Å². The number of carbonyl (C=O) groups excluding carboxylic acids is 4. The zero-order valence-electron chi connectivity index (χ0n) is 11.6. The zero-order chi connectivity index (χ0) is 15.8. The van der Waals surface area contributed by atoms with E-state index in [-0.39, 0.29) is 27.6 Å². The third kappa shape index (κ3) is 1.34. The first kappa shape index (κ1) is 12.7. The molecule has 2 aromatic carbocycles. The summed E-state index contributed by atoms with van der Waals surface area (Å²) in [6.45, 7) is 3.27. The quantitative estimate of drug-likeness (QED) is 0.546. The van der Waals surface area contributed by atoms with Crippen LogP contribution in [-0.4, -0.2) is 23.9 Å². The Balaban J connectivity index is 2.36. The highest BCUT2D eigenvalue weighted by molar-refractivity contribution is 6.30. The van der Waals surface area contributed by atoms with Crippen molar-refractivity contribution in [3.63, 3.8) is 0 Å². The molecule has 0 N–H and O–H groups in total. The second-order valence-electron chi connectivity index (χ2n) is 5.34. The van der Waals surface area contributed by atoms with E-state index in [4.69, 9.17) is 9.47 Å². The Morgan fingerprint density at radius 2 is 1.05 bits per heavy atom. The average molecular weight is 296 g/mol. The molecule has 0 amide bonds. The maximum Gasteiger partial charge on any atom is 0.346 e. The number of carbonyl (C=O) groups is 4. The van der Waals surface area contributed by atoms with Crippen LogP contribution in [0.3, 0.4) is 0 Å². The fraction of sp³-hybridized carbons (Fsp3) is 0.125. The first-order valence-corrected chi connectivity index (χ1v) is 6.54. The van der Waals surface area contributed by atoms with Crippen molar-refractivity contribution in [2.75, 3.05) is 0 Å². The van der Waals surface area contributed by atoms with E-state index in [9.17, 15) is 19.2 Å². The molecule has 6 nitrogen and oxygen atoms in total. The van der Waals surface area contributed by atoms with Crippen molar-refractivity contribution in [1.29, 1.82) is 0 Å². The van der Waals surface area contributed by atoms with Gasteiger partial charge < -0.3 is 9.47 Å². The number of cyclic esters (lactones) is 4. The molecule has 2 aromatic rings. The Morgan fingerprint density at radius 1 is 0.636 bits per heavy atom. The van der Waals surface area contributed by atoms with E-state index in [1.807, 2.05) is 0 Å². The molecule has 0 aromatic heterocycles. The molecule has 2 aliphatic heterocycles. The van der Waals surface area contributed by atoms with Crippen LogP contribution in [-0.2, 0) is 9.47 Å². The molecule has 0 fully saturated rings. The predicted molar refractivity (Wildman–Crippen MR) is 72.9 cm³/mol. The molecular formula is C16H8O6. The van der Waals surface area contributed by atoms with Crippen molar-refractivity contribution in [2.24, 2.45) is 0 Å². The minimum absolute atomic E-state index is 0.176. The summed E-state index contributed by atoms with van der Waals surface area (Å²) in [7, 11) is 0. The smallest absolute Gasteiger partial charge is 0.346 e. The second-order valence-corrected chi connectivity index (χ2v) is 5.34. The van der Waals surface area contributed by atoms with E-state index in [2.05, 4.69) is 0 Å². The number of esters is 4. The van der Waals surface area contributed by atoms with Crippen LogP contribution in [0.4, 0.5) is 0 Å². The molecule has 0 bridgehead atoms. The lowest BCUT2D eigenvalue weighted by molar-refractivity contribution is 0.0364. The van der Waals surface area contributed by atoms with Gasteiger partial charge in [0.1, 0.15) is 0 Å². The molecular weight excluding hydrogens is 288 g/mol. The number of ether oxygens (including phenoxy) is 2. The van der Waals surface area contributed by atoms with E-state index in [0.717, 1.165) is 0 Å². The van der Waals surface area contributed by atoms with Crippen LogP contribution in [0.5, 0.6) is 0 Å². The highest BCUT2D eigenvalue weighted by Crippen LogP contribution is 2.39. The van der Waals surface area contributed by atoms with Gasteiger partial charge in [0.15, 0.2) is 0 Å². The molecule has 2 aliphatic rings. The summed E-state index contributed by atoms with van der Waals surface area (Å²) in [5.41, 5.74) is 1.75. The largest absolute Gasteiger partial charge is 0.386 e. The lowest BCUT2D eigenvalue weighted by Crippen LogP contribution is -2.27. The number of benzene rings is 2. The minimum Gasteiger partial charge on any atom is -0.386 e. The van der Waals surface area contributed by atoms with Gasteiger partial charge in [-0.2, -0.15) is 0 Å². The van der Waals surface area contributed by atoms with Crippen LogP contribution >= 0.6 is 0 Å². The first-order valence-electron chi connectivity index (χ1n) is 6.54. The van der Waals surface area contributed by atoms with Gasteiger partial charge in [-0.1, -0.05) is 0 Å². The van der Waals surface area contributed by atoms with Gasteiger partial charge in [-0.15, -0.1) is 0 Å². The van der Waals surface area contributed by atoms with Crippen molar-refractivity contribution < 1.29 is 28.7 Å². The molecule has 108 valence electrons. The lowest BCUT2D eigenvalue weighted by Gasteiger charge is -2.24. The zero-order valence-corrected chi connectivity index (χ0v) is 11.6. The number of rotatable bonds is 0. The van der Waals surface area contributed by atoms with E-state index in [1.54, 1.807) is 13.8 Å². The van der Waals surface area contributed by atoms with E-state index < -0.39 is 23.9 Å². The second kappa shape index (κ2) is 3.79. The molecule has 0 radical (unpaired) electrons. The Labute approximate surface area is 123 Å². The molecule has 6 heteroatoms.